The molecule has 0 fully saturated rings. The van der Waals surface area contributed by atoms with Crippen LogP contribution in [-0.4, -0.2) is 30.5 Å². The Labute approximate surface area is 114 Å². The molecule has 0 aromatic heterocycles. The summed E-state index contributed by atoms with van der Waals surface area (Å²) in [6, 6.07) is 5.97. The Morgan fingerprint density at radius 2 is 2.16 bits per heavy atom. The van der Waals surface area contributed by atoms with Crippen molar-refractivity contribution in [3.63, 3.8) is 0 Å². The Hall–Kier alpha value is -1.97. The Balaban J connectivity index is 2.15. The number of carbonyl (C=O) groups is 1. The lowest BCUT2D eigenvalue weighted by Crippen LogP contribution is -2.30. The van der Waals surface area contributed by atoms with Crippen molar-refractivity contribution >= 4 is 11.6 Å². The van der Waals surface area contributed by atoms with Gasteiger partial charge in [0.15, 0.2) is 0 Å². The van der Waals surface area contributed by atoms with Gasteiger partial charge in [-0.3, -0.25) is 4.79 Å². The van der Waals surface area contributed by atoms with E-state index in [2.05, 4.69) is 5.32 Å². The average molecular weight is 260 g/mol. The summed E-state index contributed by atoms with van der Waals surface area (Å²) in [6.07, 6.45) is 1.62. The van der Waals surface area contributed by atoms with Crippen LogP contribution >= 0.6 is 0 Å². The molecule has 2 rings (SSSR count). The molecule has 0 saturated carbocycles. The number of likely N-dealkylation sites (N-methyl/N-ethyl adjacent to an activating group) is 1. The number of carbonyl (C=O) groups excluding carboxylic acids is 1. The van der Waals surface area contributed by atoms with Crippen molar-refractivity contribution in [2.24, 2.45) is 0 Å². The molecule has 1 aliphatic heterocycles. The van der Waals surface area contributed by atoms with E-state index in [9.17, 15) is 4.79 Å². The molecular formula is C15H20N2O2. The Bertz CT molecular complexity index is 505. The van der Waals surface area contributed by atoms with Crippen LogP contribution in [0.1, 0.15) is 19.4 Å². The van der Waals surface area contributed by atoms with Crippen molar-refractivity contribution in [3.05, 3.63) is 35.5 Å². The fourth-order valence-corrected chi connectivity index (χ4v) is 2.09. The van der Waals surface area contributed by atoms with Gasteiger partial charge >= 0.3 is 0 Å². The second-order valence-corrected chi connectivity index (χ2v) is 4.59. The predicted octanol–water partition coefficient (Wildman–Crippen LogP) is 2.55. The minimum atomic E-state index is 0.0206. The molecule has 4 nitrogen and oxygen atoms in total. The number of nitrogens with one attached hydrogen (secondary N) is 1. The van der Waals surface area contributed by atoms with E-state index < -0.39 is 0 Å². The first kappa shape index (κ1) is 13.5. The summed E-state index contributed by atoms with van der Waals surface area (Å²) in [7, 11) is 0. The summed E-state index contributed by atoms with van der Waals surface area (Å²) in [5.41, 5.74) is 2.88. The van der Waals surface area contributed by atoms with Gasteiger partial charge in [0.2, 0.25) is 5.91 Å². The van der Waals surface area contributed by atoms with Crippen LogP contribution in [0.15, 0.2) is 30.0 Å². The maximum Gasteiger partial charge on any atom is 0.248 e. The number of amides is 1. The zero-order chi connectivity index (χ0) is 13.8. The monoisotopic (exact) mass is 260 g/mol. The van der Waals surface area contributed by atoms with Gasteiger partial charge in [-0.05, 0) is 38.5 Å². The molecule has 0 bridgehead atoms. The van der Waals surface area contributed by atoms with E-state index in [1.165, 1.54) is 0 Å². The van der Waals surface area contributed by atoms with E-state index in [-0.39, 0.29) is 5.91 Å². The summed E-state index contributed by atoms with van der Waals surface area (Å²) < 4.78 is 5.64. The zero-order valence-electron chi connectivity index (χ0n) is 11.7. The molecule has 1 aromatic rings. The Morgan fingerprint density at radius 1 is 1.42 bits per heavy atom. The van der Waals surface area contributed by atoms with Crippen molar-refractivity contribution < 1.29 is 9.53 Å². The minimum absolute atomic E-state index is 0.0206. The summed E-state index contributed by atoms with van der Waals surface area (Å²) >= 11 is 0. The minimum Gasteiger partial charge on any atom is -0.485 e. The van der Waals surface area contributed by atoms with E-state index in [0.29, 0.717) is 6.61 Å². The first-order chi connectivity index (χ1) is 9.13. The number of aryl methyl sites for hydroxylation is 1. The van der Waals surface area contributed by atoms with Gasteiger partial charge in [-0.15, -0.1) is 0 Å². The number of ether oxygens (including phenoxy) is 1. The third-order valence-electron chi connectivity index (χ3n) is 3.19. The quantitative estimate of drug-likeness (QED) is 0.849. The largest absolute Gasteiger partial charge is 0.485 e. The molecule has 0 radical (unpaired) electrons. The Morgan fingerprint density at radius 3 is 2.84 bits per heavy atom. The first-order valence-corrected chi connectivity index (χ1v) is 6.64. The highest BCUT2D eigenvalue weighted by Gasteiger charge is 2.15. The molecule has 0 aliphatic carbocycles. The highest BCUT2D eigenvalue weighted by molar-refractivity contribution is 5.89. The standard InChI is InChI=1S/C15H20N2O2/c1-4-17(5-2)15(18)9-12-10-19-14-7-6-11(3)8-13(14)16-12/h6-9,16H,4-5,10H2,1-3H3/b12-9-. The highest BCUT2D eigenvalue weighted by atomic mass is 16.5. The molecule has 1 heterocycles. The molecule has 0 unspecified atom stereocenters. The normalized spacial score (nSPS) is 15.4. The van der Waals surface area contributed by atoms with Crippen molar-refractivity contribution in [2.45, 2.75) is 20.8 Å². The predicted molar refractivity (Wildman–Crippen MR) is 76.3 cm³/mol. The van der Waals surface area contributed by atoms with Crippen LogP contribution in [0.25, 0.3) is 0 Å². The van der Waals surface area contributed by atoms with Gasteiger partial charge in [-0.25, -0.2) is 0 Å². The van der Waals surface area contributed by atoms with E-state index in [4.69, 9.17) is 4.74 Å². The average Bonchev–Trinajstić information content (AvgIpc) is 2.39. The fourth-order valence-electron chi connectivity index (χ4n) is 2.09. The van der Waals surface area contributed by atoms with E-state index in [1.54, 1.807) is 11.0 Å². The van der Waals surface area contributed by atoms with Gasteiger partial charge in [0.25, 0.3) is 0 Å². The van der Waals surface area contributed by atoms with Gasteiger partial charge in [0.05, 0.1) is 11.4 Å². The molecule has 102 valence electrons. The summed E-state index contributed by atoms with van der Waals surface area (Å²) in [6.45, 7) is 7.82. The van der Waals surface area contributed by atoms with Gasteiger partial charge in [0.1, 0.15) is 12.4 Å². The molecular weight excluding hydrogens is 240 g/mol. The second-order valence-electron chi connectivity index (χ2n) is 4.59. The van der Waals surface area contributed by atoms with E-state index >= 15 is 0 Å². The fraction of sp³-hybridized carbons (Fsp3) is 0.400. The number of hydrogen-bond donors (Lipinski definition) is 1. The summed E-state index contributed by atoms with van der Waals surface area (Å²) in [4.78, 5) is 13.8. The van der Waals surface area contributed by atoms with Crippen LogP contribution in [0.2, 0.25) is 0 Å². The van der Waals surface area contributed by atoms with Crippen LogP contribution < -0.4 is 10.1 Å². The lowest BCUT2D eigenvalue weighted by atomic mass is 10.2. The van der Waals surface area contributed by atoms with Crippen LogP contribution in [0.3, 0.4) is 0 Å². The summed E-state index contributed by atoms with van der Waals surface area (Å²) in [5.74, 6) is 0.852. The molecule has 4 heteroatoms. The van der Waals surface area contributed by atoms with Crippen molar-refractivity contribution in [1.82, 2.24) is 4.90 Å². The second kappa shape index (κ2) is 5.78. The molecule has 19 heavy (non-hydrogen) atoms. The number of nitrogens with zero attached hydrogens (tertiary/aromatic N) is 1. The van der Waals surface area contributed by atoms with Crippen LogP contribution in [0.5, 0.6) is 5.75 Å². The van der Waals surface area contributed by atoms with Crippen LogP contribution in [-0.2, 0) is 4.79 Å². The molecule has 1 aromatic carbocycles. The smallest absolute Gasteiger partial charge is 0.248 e. The molecule has 0 spiro atoms. The maximum atomic E-state index is 12.0. The third kappa shape index (κ3) is 3.08. The lowest BCUT2D eigenvalue weighted by molar-refractivity contribution is -0.125. The summed E-state index contributed by atoms with van der Waals surface area (Å²) in [5, 5.41) is 3.26. The topological polar surface area (TPSA) is 41.6 Å². The highest BCUT2D eigenvalue weighted by Crippen LogP contribution is 2.30. The number of hydrogen-bond acceptors (Lipinski definition) is 3. The number of benzene rings is 1. The van der Waals surface area contributed by atoms with Crippen LogP contribution in [0, 0.1) is 6.92 Å². The maximum absolute atomic E-state index is 12.0. The molecule has 1 amide bonds. The van der Waals surface area contributed by atoms with Crippen molar-refractivity contribution in [3.8, 4) is 5.75 Å². The van der Waals surface area contributed by atoms with Crippen LogP contribution in [0.4, 0.5) is 5.69 Å². The van der Waals surface area contributed by atoms with Gasteiger partial charge in [0, 0.05) is 19.2 Å². The number of rotatable bonds is 3. The SMILES string of the molecule is CCN(CC)C(=O)/C=C1/COc2ccc(C)cc2N1. The first-order valence-electron chi connectivity index (χ1n) is 6.64. The van der Waals surface area contributed by atoms with E-state index in [0.717, 1.165) is 35.8 Å². The Kier molecular flexibility index (Phi) is 4.10. The van der Waals surface area contributed by atoms with E-state index in [1.807, 2.05) is 39.0 Å². The number of anilines is 1. The lowest BCUT2D eigenvalue weighted by Gasteiger charge is -2.23. The third-order valence-corrected chi connectivity index (χ3v) is 3.19. The van der Waals surface area contributed by atoms with Gasteiger partial charge < -0.3 is 15.0 Å². The molecule has 0 atom stereocenters. The molecule has 1 N–H and O–H groups in total. The zero-order valence-corrected chi connectivity index (χ0v) is 11.7. The van der Waals surface area contributed by atoms with Crippen molar-refractivity contribution in [2.75, 3.05) is 25.0 Å². The molecule has 1 aliphatic rings. The number of fused-ring (bicyclic) bond motifs is 1. The van der Waals surface area contributed by atoms with Crippen molar-refractivity contribution in [1.29, 1.82) is 0 Å². The molecule has 0 saturated heterocycles. The van der Waals surface area contributed by atoms with Gasteiger partial charge in [-0.1, -0.05) is 6.07 Å². The van der Waals surface area contributed by atoms with Gasteiger partial charge in [-0.2, -0.15) is 0 Å².